The van der Waals surface area contributed by atoms with Crippen molar-refractivity contribution in [1.82, 2.24) is 10.2 Å². The fourth-order valence-corrected chi connectivity index (χ4v) is 3.33. The van der Waals surface area contributed by atoms with Crippen LogP contribution in [0, 0.1) is 0 Å². The first-order valence-electron chi connectivity index (χ1n) is 9.32. The zero-order valence-corrected chi connectivity index (χ0v) is 18.8. The fraction of sp³-hybridized carbons (Fsp3) is 0.381. The summed E-state index contributed by atoms with van der Waals surface area (Å²) < 4.78 is 5.20. The third kappa shape index (κ3) is 5.67. The molecule has 1 aliphatic rings. The maximum Gasteiger partial charge on any atom is 0.193 e. The number of piperazine rings is 1. The monoisotopic (exact) mass is 496 g/mol. The first-order chi connectivity index (χ1) is 13.2. The van der Waals surface area contributed by atoms with Gasteiger partial charge in [-0.25, -0.2) is 0 Å². The van der Waals surface area contributed by atoms with E-state index < -0.39 is 0 Å². The molecule has 3 rings (SSSR count). The number of aromatic hydroxyl groups is 1. The van der Waals surface area contributed by atoms with E-state index in [1.165, 1.54) is 5.56 Å². The van der Waals surface area contributed by atoms with Crippen LogP contribution in [-0.4, -0.2) is 62.8 Å². The van der Waals surface area contributed by atoms with Gasteiger partial charge in [0.2, 0.25) is 0 Å². The Kier molecular flexibility index (Phi) is 8.69. The van der Waals surface area contributed by atoms with Crippen molar-refractivity contribution in [2.45, 2.75) is 6.42 Å². The van der Waals surface area contributed by atoms with Gasteiger partial charge in [0.05, 0.1) is 12.8 Å². The molecule has 1 saturated heterocycles. The number of guanidine groups is 1. The van der Waals surface area contributed by atoms with Crippen molar-refractivity contribution >= 4 is 35.6 Å². The highest BCUT2D eigenvalue weighted by Crippen LogP contribution is 2.27. The van der Waals surface area contributed by atoms with E-state index in [-0.39, 0.29) is 24.0 Å². The van der Waals surface area contributed by atoms with Crippen molar-refractivity contribution in [3.63, 3.8) is 0 Å². The van der Waals surface area contributed by atoms with Crippen LogP contribution in [0.15, 0.2) is 53.5 Å². The van der Waals surface area contributed by atoms with E-state index in [9.17, 15) is 5.11 Å². The standard InChI is InChI=1S/C21H28N4O2.HI/c1-22-21(23-12-11-17-7-9-18(27-2)10-8-17)25-15-13-24(14-16-25)19-5-3-4-6-20(19)26;/h3-10,26H,11-16H2,1-2H3,(H,22,23);1H. The molecule has 0 amide bonds. The van der Waals surface area contributed by atoms with E-state index in [4.69, 9.17) is 4.74 Å². The third-order valence-corrected chi connectivity index (χ3v) is 4.87. The van der Waals surface area contributed by atoms with Crippen molar-refractivity contribution in [2.24, 2.45) is 4.99 Å². The number of halogens is 1. The van der Waals surface area contributed by atoms with Crippen molar-refractivity contribution in [1.29, 1.82) is 0 Å². The molecular weight excluding hydrogens is 467 g/mol. The topological polar surface area (TPSA) is 60.3 Å². The predicted octanol–water partition coefficient (Wildman–Crippen LogP) is 2.96. The molecule has 6 nitrogen and oxygen atoms in total. The first-order valence-corrected chi connectivity index (χ1v) is 9.32. The predicted molar refractivity (Wildman–Crippen MR) is 125 cm³/mol. The molecule has 0 unspecified atom stereocenters. The molecule has 0 radical (unpaired) electrons. The van der Waals surface area contributed by atoms with Gasteiger partial charge in [0.15, 0.2) is 5.96 Å². The molecule has 0 aromatic heterocycles. The first kappa shape index (κ1) is 22.1. The normalized spacial score (nSPS) is 14.4. The SMILES string of the molecule is CN=C(NCCc1ccc(OC)cc1)N1CCN(c2ccccc2O)CC1.I. The highest BCUT2D eigenvalue weighted by atomic mass is 127. The van der Waals surface area contributed by atoms with Gasteiger partial charge in [-0.3, -0.25) is 4.99 Å². The minimum Gasteiger partial charge on any atom is -0.506 e. The summed E-state index contributed by atoms with van der Waals surface area (Å²) in [6, 6.07) is 15.7. The zero-order valence-electron chi connectivity index (χ0n) is 16.5. The molecule has 7 heteroatoms. The fourth-order valence-electron chi connectivity index (χ4n) is 3.33. The van der Waals surface area contributed by atoms with Gasteiger partial charge in [-0.2, -0.15) is 0 Å². The van der Waals surface area contributed by atoms with Crippen LogP contribution in [0.5, 0.6) is 11.5 Å². The second-order valence-corrected chi connectivity index (χ2v) is 6.53. The summed E-state index contributed by atoms with van der Waals surface area (Å²) in [6.45, 7) is 4.29. The lowest BCUT2D eigenvalue weighted by Gasteiger charge is -2.37. The summed E-state index contributed by atoms with van der Waals surface area (Å²) >= 11 is 0. The Morgan fingerprint density at radius 1 is 1.07 bits per heavy atom. The molecule has 1 fully saturated rings. The second kappa shape index (κ2) is 11.0. The number of hydrogen-bond acceptors (Lipinski definition) is 4. The van der Waals surface area contributed by atoms with Gasteiger partial charge in [-0.1, -0.05) is 24.3 Å². The van der Waals surface area contributed by atoms with E-state index >= 15 is 0 Å². The number of methoxy groups -OCH3 is 1. The summed E-state index contributed by atoms with van der Waals surface area (Å²) in [5.74, 6) is 2.15. The van der Waals surface area contributed by atoms with Crippen LogP contribution in [0.1, 0.15) is 5.56 Å². The third-order valence-electron chi connectivity index (χ3n) is 4.87. The maximum absolute atomic E-state index is 10.0. The largest absolute Gasteiger partial charge is 0.506 e. The lowest BCUT2D eigenvalue weighted by molar-refractivity contribution is 0.370. The quantitative estimate of drug-likeness (QED) is 0.379. The van der Waals surface area contributed by atoms with Crippen molar-refractivity contribution in [3.05, 3.63) is 54.1 Å². The molecular formula is C21H29IN4O2. The average Bonchev–Trinajstić information content (AvgIpc) is 2.72. The number of nitrogens with zero attached hydrogens (tertiary/aromatic N) is 3. The van der Waals surface area contributed by atoms with Crippen LogP contribution < -0.4 is 15.0 Å². The Hall–Kier alpha value is -2.16. The van der Waals surface area contributed by atoms with Crippen molar-refractivity contribution < 1.29 is 9.84 Å². The second-order valence-electron chi connectivity index (χ2n) is 6.53. The molecule has 2 aromatic rings. The van der Waals surface area contributed by atoms with Crippen molar-refractivity contribution in [3.8, 4) is 11.5 Å². The Labute approximate surface area is 184 Å². The van der Waals surface area contributed by atoms with Crippen LogP contribution in [0.2, 0.25) is 0 Å². The number of hydrogen-bond donors (Lipinski definition) is 2. The Morgan fingerprint density at radius 3 is 2.36 bits per heavy atom. The van der Waals surface area contributed by atoms with Crippen LogP contribution in [-0.2, 0) is 6.42 Å². The molecule has 1 heterocycles. The van der Waals surface area contributed by atoms with Crippen LogP contribution in [0.4, 0.5) is 5.69 Å². The van der Waals surface area contributed by atoms with Gasteiger partial charge in [0, 0.05) is 39.8 Å². The summed E-state index contributed by atoms with van der Waals surface area (Å²) in [6.07, 6.45) is 0.931. The number of benzene rings is 2. The van der Waals surface area contributed by atoms with Crippen LogP contribution >= 0.6 is 24.0 Å². The number of anilines is 1. The summed E-state index contributed by atoms with van der Waals surface area (Å²) in [5, 5.41) is 13.5. The van der Waals surface area contributed by atoms with Gasteiger partial charge in [-0.15, -0.1) is 24.0 Å². The minimum atomic E-state index is 0. The summed E-state index contributed by atoms with van der Waals surface area (Å²) in [4.78, 5) is 8.92. The van der Waals surface area contributed by atoms with Gasteiger partial charge in [0.25, 0.3) is 0 Å². The summed E-state index contributed by atoms with van der Waals surface area (Å²) in [7, 11) is 3.50. The minimum absolute atomic E-state index is 0. The maximum atomic E-state index is 10.0. The number of para-hydroxylation sites is 2. The number of rotatable bonds is 5. The molecule has 0 aliphatic carbocycles. The molecule has 152 valence electrons. The number of nitrogens with one attached hydrogen (secondary N) is 1. The molecule has 28 heavy (non-hydrogen) atoms. The molecule has 1 aliphatic heterocycles. The smallest absolute Gasteiger partial charge is 0.193 e. The highest BCUT2D eigenvalue weighted by Gasteiger charge is 2.21. The van der Waals surface area contributed by atoms with Gasteiger partial charge in [0.1, 0.15) is 11.5 Å². The number of aliphatic imine (C=N–C) groups is 1. The Balaban J connectivity index is 0.00000280. The van der Waals surface area contributed by atoms with Crippen LogP contribution in [0.3, 0.4) is 0 Å². The highest BCUT2D eigenvalue weighted by molar-refractivity contribution is 14.0. The number of phenols is 1. The molecule has 0 bridgehead atoms. The summed E-state index contributed by atoms with van der Waals surface area (Å²) in [5.41, 5.74) is 2.17. The average molecular weight is 496 g/mol. The Morgan fingerprint density at radius 2 is 1.75 bits per heavy atom. The van der Waals surface area contributed by atoms with E-state index in [2.05, 4.69) is 32.2 Å². The number of phenolic OH excluding ortho intramolecular Hbond substituents is 1. The molecule has 0 spiro atoms. The molecule has 0 atom stereocenters. The van der Waals surface area contributed by atoms with E-state index in [0.29, 0.717) is 5.75 Å². The van der Waals surface area contributed by atoms with Gasteiger partial charge < -0.3 is 25.0 Å². The molecule has 2 aromatic carbocycles. The number of ether oxygens (including phenoxy) is 1. The van der Waals surface area contributed by atoms with Gasteiger partial charge >= 0.3 is 0 Å². The lowest BCUT2D eigenvalue weighted by Crippen LogP contribution is -2.52. The Bertz CT molecular complexity index is 759. The molecule has 2 N–H and O–H groups in total. The zero-order chi connectivity index (χ0) is 19.1. The molecule has 0 saturated carbocycles. The van der Waals surface area contributed by atoms with E-state index in [0.717, 1.165) is 56.5 Å². The van der Waals surface area contributed by atoms with E-state index in [1.807, 2.05) is 37.4 Å². The van der Waals surface area contributed by atoms with Gasteiger partial charge in [-0.05, 0) is 36.2 Å². The lowest BCUT2D eigenvalue weighted by atomic mass is 10.1. The van der Waals surface area contributed by atoms with E-state index in [1.54, 1.807) is 13.2 Å². The van der Waals surface area contributed by atoms with Crippen molar-refractivity contribution in [2.75, 3.05) is 51.8 Å². The van der Waals surface area contributed by atoms with Crippen LogP contribution in [0.25, 0.3) is 0 Å².